The number of ether oxygens (including phenoxy) is 1. The van der Waals surface area contributed by atoms with Crippen molar-refractivity contribution >= 4 is 50.9 Å². The third kappa shape index (κ3) is 3.45. The number of anilines is 2. The first kappa shape index (κ1) is 25.8. The summed E-state index contributed by atoms with van der Waals surface area (Å²) < 4.78 is 11.3. The number of nitrogens with zero attached hydrogens (tertiary/aromatic N) is 3. The van der Waals surface area contributed by atoms with Gasteiger partial charge in [0.25, 0.3) is 11.8 Å². The van der Waals surface area contributed by atoms with E-state index in [1.807, 2.05) is 30.3 Å². The minimum Gasteiger partial charge on any atom is -0.462 e. The Morgan fingerprint density at radius 2 is 1.69 bits per heavy atom. The summed E-state index contributed by atoms with van der Waals surface area (Å²) in [7, 11) is 0. The lowest BCUT2D eigenvalue weighted by Crippen LogP contribution is -2.53. The number of carbonyl (C=O) groups is 3. The van der Waals surface area contributed by atoms with Crippen molar-refractivity contribution in [2.45, 2.75) is 25.9 Å². The third-order valence-electron chi connectivity index (χ3n) is 7.65. The number of fused-ring (bicyclic) bond motifs is 5. The Balaban J connectivity index is 1.54. The van der Waals surface area contributed by atoms with Gasteiger partial charge in [-0.15, -0.1) is 0 Å². The monoisotopic (exact) mass is 577 g/mol. The SMILES string of the molecule is CCOC(=O)c1sc(N2C(=O)c3oc4ccccc4c(=O)c3C23C(=O)N(Cc2ccccc2)c2ccccc23)nc1C. The van der Waals surface area contributed by atoms with Crippen LogP contribution in [0.4, 0.5) is 10.8 Å². The van der Waals surface area contributed by atoms with E-state index >= 15 is 0 Å². The van der Waals surface area contributed by atoms with Crippen molar-refractivity contribution in [1.82, 2.24) is 4.98 Å². The molecule has 0 bridgehead atoms. The number of rotatable bonds is 5. The topological polar surface area (TPSA) is 110 Å². The van der Waals surface area contributed by atoms with Gasteiger partial charge in [-0.3, -0.25) is 19.3 Å². The molecule has 42 heavy (non-hydrogen) atoms. The fraction of sp³-hybridized carbons (Fsp3) is 0.156. The van der Waals surface area contributed by atoms with E-state index in [9.17, 15) is 19.2 Å². The lowest BCUT2D eigenvalue weighted by molar-refractivity contribution is -0.121. The molecule has 0 radical (unpaired) electrons. The van der Waals surface area contributed by atoms with Crippen LogP contribution in [0.25, 0.3) is 11.0 Å². The van der Waals surface area contributed by atoms with E-state index in [2.05, 4.69) is 4.98 Å². The average molecular weight is 578 g/mol. The highest BCUT2D eigenvalue weighted by molar-refractivity contribution is 7.17. The van der Waals surface area contributed by atoms with Crippen LogP contribution in [-0.2, 0) is 21.6 Å². The molecule has 4 heterocycles. The summed E-state index contributed by atoms with van der Waals surface area (Å²) in [5.41, 5.74) is 0.00362. The minimum absolute atomic E-state index is 0.0650. The maximum Gasteiger partial charge on any atom is 0.350 e. The number of hydrogen-bond donors (Lipinski definition) is 0. The summed E-state index contributed by atoms with van der Waals surface area (Å²) in [4.78, 5) is 63.9. The molecule has 0 N–H and O–H groups in total. The molecule has 10 heteroatoms. The van der Waals surface area contributed by atoms with Crippen LogP contribution in [0, 0.1) is 6.92 Å². The number of amides is 2. The Morgan fingerprint density at radius 1 is 0.976 bits per heavy atom. The molecule has 9 nitrogen and oxygen atoms in total. The van der Waals surface area contributed by atoms with Crippen LogP contribution in [0.2, 0.25) is 0 Å². The highest BCUT2D eigenvalue weighted by Gasteiger charge is 2.66. The van der Waals surface area contributed by atoms with Gasteiger partial charge in [-0.25, -0.2) is 9.78 Å². The largest absolute Gasteiger partial charge is 0.462 e. The lowest BCUT2D eigenvalue weighted by atomic mass is 9.84. The zero-order valence-electron chi connectivity index (χ0n) is 22.6. The number of aryl methyl sites for hydroxylation is 1. The summed E-state index contributed by atoms with van der Waals surface area (Å²) in [6.07, 6.45) is 0. The normalized spacial score (nSPS) is 17.3. The molecular formula is C32H23N3O6S. The molecule has 2 amide bonds. The fourth-order valence-electron chi connectivity index (χ4n) is 5.90. The van der Waals surface area contributed by atoms with E-state index in [4.69, 9.17) is 9.15 Å². The first-order valence-electron chi connectivity index (χ1n) is 13.4. The summed E-state index contributed by atoms with van der Waals surface area (Å²) in [5.74, 6) is -2.00. The minimum atomic E-state index is -1.90. The van der Waals surface area contributed by atoms with Gasteiger partial charge in [0.15, 0.2) is 16.1 Å². The van der Waals surface area contributed by atoms with Gasteiger partial charge in [-0.2, -0.15) is 0 Å². The van der Waals surface area contributed by atoms with Crippen LogP contribution >= 0.6 is 11.3 Å². The number of hydrogen-bond acceptors (Lipinski definition) is 8. The molecule has 0 saturated heterocycles. The van der Waals surface area contributed by atoms with Gasteiger partial charge in [0, 0.05) is 5.56 Å². The molecule has 208 valence electrons. The Kier molecular flexibility index (Phi) is 5.84. The summed E-state index contributed by atoms with van der Waals surface area (Å²) in [6.45, 7) is 3.70. The van der Waals surface area contributed by atoms with Crippen molar-refractivity contribution in [3.63, 3.8) is 0 Å². The number of aromatic nitrogens is 1. The summed E-state index contributed by atoms with van der Waals surface area (Å²) in [6, 6.07) is 23.2. The van der Waals surface area contributed by atoms with Crippen LogP contribution in [0.15, 0.2) is 88.1 Å². The van der Waals surface area contributed by atoms with E-state index in [1.165, 1.54) is 4.90 Å². The molecule has 1 atom stereocenters. The predicted octanol–water partition coefficient (Wildman–Crippen LogP) is 5.19. The number of esters is 1. The molecule has 1 unspecified atom stereocenters. The quantitative estimate of drug-likeness (QED) is 0.265. The van der Waals surface area contributed by atoms with Crippen molar-refractivity contribution in [3.05, 3.63) is 122 Å². The average Bonchev–Trinajstić information content (AvgIpc) is 3.59. The number of benzene rings is 3. The van der Waals surface area contributed by atoms with Crippen LogP contribution in [0.1, 0.15) is 49.5 Å². The molecule has 7 rings (SSSR count). The van der Waals surface area contributed by atoms with Gasteiger partial charge in [0.2, 0.25) is 5.76 Å². The smallest absolute Gasteiger partial charge is 0.350 e. The Morgan fingerprint density at radius 3 is 2.48 bits per heavy atom. The molecule has 2 aliphatic heterocycles. The third-order valence-corrected chi connectivity index (χ3v) is 8.78. The van der Waals surface area contributed by atoms with Gasteiger partial charge in [0.1, 0.15) is 10.5 Å². The maximum absolute atomic E-state index is 14.9. The second-order valence-electron chi connectivity index (χ2n) is 10.0. The van der Waals surface area contributed by atoms with Crippen molar-refractivity contribution < 1.29 is 23.5 Å². The molecule has 2 aliphatic rings. The summed E-state index contributed by atoms with van der Waals surface area (Å²) >= 11 is 0.937. The molecule has 0 aliphatic carbocycles. The molecule has 5 aromatic rings. The second kappa shape index (κ2) is 9.49. The first-order valence-corrected chi connectivity index (χ1v) is 14.2. The first-order chi connectivity index (χ1) is 20.4. The zero-order valence-corrected chi connectivity index (χ0v) is 23.4. The number of para-hydroxylation sites is 2. The van der Waals surface area contributed by atoms with Crippen molar-refractivity contribution in [3.8, 4) is 0 Å². The molecule has 2 aromatic heterocycles. The lowest BCUT2D eigenvalue weighted by Gasteiger charge is -2.32. The Labute approximate surface area is 243 Å². The Bertz CT molecular complexity index is 2000. The highest BCUT2D eigenvalue weighted by Crippen LogP contribution is 2.55. The van der Waals surface area contributed by atoms with Crippen LogP contribution < -0.4 is 15.2 Å². The standard InChI is InChI=1S/C32H23N3O6S/c1-3-40-29(38)27-18(2)33-31(42-27)35-28(37)26-24(25(36)20-13-7-10-16-23(20)41-26)32(35)21-14-8-9-15-22(21)34(30(32)39)17-19-11-5-4-6-12-19/h4-16H,3,17H2,1-2H3. The van der Waals surface area contributed by atoms with Gasteiger partial charge >= 0.3 is 5.97 Å². The van der Waals surface area contributed by atoms with E-state index in [-0.39, 0.29) is 45.5 Å². The van der Waals surface area contributed by atoms with Gasteiger partial charge in [0.05, 0.1) is 35.5 Å². The number of thiazole rings is 1. The highest BCUT2D eigenvalue weighted by atomic mass is 32.1. The summed E-state index contributed by atoms with van der Waals surface area (Å²) in [5, 5.41) is 0.333. The zero-order chi connectivity index (χ0) is 29.2. The van der Waals surface area contributed by atoms with Crippen molar-refractivity contribution in [1.29, 1.82) is 0 Å². The fourth-order valence-corrected chi connectivity index (χ4v) is 6.91. The second-order valence-corrected chi connectivity index (χ2v) is 11.0. The van der Waals surface area contributed by atoms with Crippen molar-refractivity contribution in [2.75, 3.05) is 16.4 Å². The number of carbonyl (C=O) groups excluding carboxylic acids is 3. The van der Waals surface area contributed by atoms with E-state index in [0.717, 1.165) is 16.9 Å². The molecule has 0 saturated carbocycles. The van der Waals surface area contributed by atoms with Crippen LogP contribution in [0.5, 0.6) is 0 Å². The van der Waals surface area contributed by atoms with Crippen LogP contribution in [0.3, 0.4) is 0 Å². The van der Waals surface area contributed by atoms with Gasteiger partial charge < -0.3 is 14.1 Å². The van der Waals surface area contributed by atoms with E-state index in [0.29, 0.717) is 16.9 Å². The molecular weight excluding hydrogens is 554 g/mol. The van der Waals surface area contributed by atoms with Gasteiger partial charge in [-0.05, 0) is 37.6 Å². The van der Waals surface area contributed by atoms with Crippen LogP contribution in [-0.4, -0.2) is 29.4 Å². The van der Waals surface area contributed by atoms with Crippen molar-refractivity contribution in [2.24, 2.45) is 0 Å². The maximum atomic E-state index is 14.9. The molecule has 0 fully saturated rings. The van der Waals surface area contributed by atoms with E-state index < -0.39 is 28.8 Å². The van der Waals surface area contributed by atoms with E-state index in [1.54, 1.807) is 67.3 Å². The van der Waals surface area contributed by atoms with Gasteiger partial charge in [-0.1, -0.05) is 72.0 Å². The molecule has 3 aromatic carbocycles. The predicted molar refractivity (Wildman–Crippen MR) is 157 cm³/mol. The Hall–Kier alpha value is -5.09. The molecule has 1 spiro atoms.